The fourth-order valence-electron chi connectivity index (χ4n) is 2.28. The summed E-state index contributed by atoms with van der Waals surface area (Å²) in [6, 6.07) is -0.513. The van der Waals surface area contributed by atoms with E-state index in [1.54, 1.807) is 12.0 Å². The molecule has 2 heterocycles. The quantitative estimate of drug-likeness (QED) is 0.624. The van der Waals surface area contributed by atoms with Gasteiger partial charge in [0.25, 0.3) is 5.91 Å². The van der Waals surface area contributed by atoms with Gasteiger partial charge in [0.1, 0.15) is 6.04 Å². The van der Waals surface area contributed by atoms with Gasteiger partial charge in [0.15, 0.2) is 0 Å². The van der Waals surface area contributed by atoms with E-state index in [0.717, 1.165) is 0 Å². The number of imide groups is 1. The number of hydrogen-bond acceptors (Lipinski definition) is 3. The summed E-state index contributed by atoms with van der Waals surface area (Å²) in [5.74, 6) is -0.0745. The van der Waals surface area contributed by atoms with Gasteiger partial charge in [0.05, 0.1) is 6.10 Å². The Morgan fingerprint density at radius 2 is 2.07 bits per heavy atom. The van der Waals surface area contributed by atoms with E-state index >= 15 is 0 Å². The van der Waals surface area contributed by atoms with E-state index in [1.165, 1.54) is 4.90 Å². The number of ether oxygens (including phenoxy) is 1. The van der Waals surface area contributed by atoms with Crippen LogP contribution in [0, 0.1) is 0 Å². The highest BCUT2D eigenvalue weighted by atomic mass is 16.5. The lowest BCUT2D eigenvalue weighted by molar-refractivity contribution is -0.129. The molecule has 0 spiro atoms. The van der Waals surface area contributed by atoms with E-state index in [4.69, 9.17) is 4.74 Å². The largest absolute Gasteiger partial charge is 0.380 e. The lowest BCUT2D eigenvalue weighted by Crippen LogP contribution is -2.39. The number of urea groups is 1. The van der Waals surface area contributed by atoms with Crippen LogP contribution in [0.15, 0.2) is 0 Å². The zero-order valence-corrected chi connectivity index (χ0v) is 9.27. The predicted octanol–water partition coefficient (Wildman–Crippen LogP) is 0.446. The lowest BCUT2D eigenvalue weighted by atomic mass is 10.2. The zero-order valence-electron chi connectivity index (χ0n) is 9.27. The van der Waals surface area contributed by atoms with Crippen molar-refractivity contribution in [2.45, 2.75) is 38.5 Å². The van der Waals surface area contributed by atoms with Crippen molar-refractivity contribution in [3.05, 3.63) is 0 Å². The van der Waals surface area contributed by atoms with Crippen LogP contribution in [0.1, 0.15) is 20.3 Å². The molecule has 3 amide bonds. The first-order valence-electron chi connectivity index (χ1n) is 5.22. The Hall–Kier alpha value is -1.10. The number of hydrogen-bond donors (Lipinski definition) is 0. The van der Waals surface area contributed by atoms with Crippen molar-refractivity contribution in [1.82, 2.24) is 9.80 Å². The van der Waals surface area contributed by atoms with Crippen molar-refractivity contribution in [3.63, 3.8) is 0 Å². The fraction of sp³-hybridized carbons (Fsp3) is 0.800. The van der Waals surface area contributed by atoms with Crippen molar-refractivity contribution in [3.8, 4) is 0 Å². The molecule has 84 valence electrons. The van der Waals surface area contributed by atoms with Gasteiger partial charge >= 0.3 is 6.03 Å². The van der Waals surface area contributed by atoms with Gasteiger partial charge in [0, 0.05) is 26.1 Å². The fourth-order valence-corrected chi connectivity index (χ4v) is 2.28. The lowest BCUT2D eigenvalue weighted by Gasteiger charge is -2.20. The van der Waals surface area contributed by atoms with E-state index in [1.807, 2.05) is 13.8 Å². The Morgan fingerprint density at radius 1 is 1.40 bits per heavy atom. The van der Waals surface area contributed by atoms with E-state index in [9.17, 15) is 9.59 Å². The molecule has 2 atom stereocenters. The van der Waals surface area contributed by atoms with Crippen LogP contribution < -0.4 is 0 Å². The number of carbonyl (C=O) groups excluding carboxylic acids is 2. The average Bonchev–Trinajstić information content (AvgIpc) is 2.68. The molecule has 0 saturated carbocycles. The minimum Gasteiger partial charge on any atom is -0.380 e. The van der Waals surface area contributed by atoms with Crippen LogP contribution in [0.4, 0.5) is 4.79 Å². The summed E-state index contributed by atoms with van der Waals surface area (Å²) < 4.78 is 5.18. The second-order valence-electron chi connectivity index (χ2n) is 4.35. The van der Waals surface area contributed by atoms with Gasteiger partial charge in [0.2, 0.25) is 0 Å². The third-order valence-corrected chi connectivity index (χ3v) is 3.09. The van der Waals surface area contributed by atoms with Crippen molar-refractivity contribution in [2.24, 2.45) is 0 Å². The number of rotatable bonds is 2. The van der Waals surface area contributed by atoms with Gasteiger partial charge < -0.3 is 9.64 Å². The molecule has 2 saturated heterocycles. The van der Waals surface area contributed by atoms with Crippen LogP contribution in [-0.4, -0.2) is 53.6 Å². The highest BCUT2D eigenvalue weighted by molar-refractivity contribution is 6.04. The molecule has 2 unspecified atom stereocenters. The molecule has 5 nitrogen and oxygen atoms in total. The molecular formula is C10H16N2O3. The molecular weight excluding hydrogens is 196 g/mol. The summed E-state index contributed by atoms with van der Waals surface area (Å²) in [4.78, 5) is 26.7. The highest BCUT2D eigenvalue weighted by Gasteiger charge is 2.51. The Balaban J connectivity index is 2.18. The van der Waals surface area contributed by atoms with E-state index in [2.05, 4.69) is 0 Å². The van der Waals surface area contributed by atoms with Crippen molar-refractivity contribution in [1.29, 1.82) is 0 Å². The van der Waals surface area contributed by atoms with Crippen LogP contribution in [-0.2, 0) is 9.53 Å². The van der Waals surface area contributed by atoms with Crippen LogP contribution in [0.2, 0.25) is 0 Å². The number of amides is 3. The number of carbonyl (C=O) groups is 2. The predicted molar refractivity (Wildman–Crippen MR) is 53.3 cm³/mol. The second kappa shape index (κ2) is 3.48. The number of methoxy groups -OCH3 is 1. The van der Waals surface area contributed by atoms with Gasteiger partial charge in [-0.2, -0.15) is 0 Å². The third kappa shape index (κ3) is 1.42. The van der Waals surface area contributed by atoms with Gasteiger partial charge in [-0.25, -0.2) is 4.79 Å². The van der Waals surface area contributed by atoms with E-state index < -0.39 is 0 Å². The first-order chi connectivity index (χ1) is 7.06. The molecule has 0 aromatic rings. The van der Waals surface area contributed by atoms with Crippen molar-refractivity contribution in [2.75, 3.05) is 13.7 Å². The zero-order chi connectivity index (χ0) is 11.2. The van der Waals surface area contributed by atoms with E-state index in [0.29, 0.717) is 13.0 Å². The van der Waals surface area contributed by atoms with Gasteiger partial charge in [-0.3, -0.25) is 9.69 Å². The van der Waals surface area contributed by atoms with Gasteiger partial charge in [-0.15, -0.1) is 0 Å². The Kier molecular flexibility index (Phi) is 2.42. The average molecular weight is 212 g/mol. The van der Waals surface area contributed by atoms with Gasteiger partial charge in [-0.05, 0) is 13.8 Å². The maximum atomic E-state index is 11.9. The molecule has 0 bridgehead atoms. The van der Waals surface area contributed by atoms with Gasteiger partial charge in [-0.1, -0.05) is 0 Å². The van der Waals surface area contributed by atoms with Crippen LogP contribution in [0.5, 0.6) is 0 Å². The Labute approximate surface area is 89.0 Å². The molecule has 2 fully saturated rings. The Morgan fingerprint density at radius 3 is 2.53 bits per heavy atom. The molecule has 0 aromatic carbocycles. The first kappa shape index (κ1) is 10.4. The van der Waals surface area contributed by atoms with E-state index in [-0.39, 0.29) is 30.1 Å². The maximum Gasteiger partial charge on any atom is 0.327 e. The minimum atomic E-state index is -0.287. The molecule has 0 aliphatic carbocycles. The Bertz CT molecular complexity index is 279. The SMILES string of the molecule is COC1CC2C(=O)N(C(C)C)C(=O)N2C1. The highest BCUT2D eigenvalue weighted by Crippen LogP contribution is 2.29. The molecule has 5 heteroatoms. The van der Waals surface area contributed by atoms with Crippen LogP contribution >= 0.6 is 0 Å². The topological polar surface area (TPSA) is 49.9 Å². The standard InChI is InChI=1S/C10H16N2O3/c1-6(2)12-9(13)8-4-7(15-3)5-11(8)10(12)14/h6-8H,4-5H2,1-3H3. The summed E-state index contributed by atoms with van der Waals surface area (Å²) in [5, 5.41) is 0. The minimum absolute atomic E-state index is 0.0113. The summed E-state index contributed by atoms with van der Waals surface area (Å²) in [6.07, 6.45) is 0.641. The normalized spacial score (nSPS) is 30.7. The molecule has 2 rings (SSSR count). The molecule has 0 radical (unpaired) electrons. The summed E-state index contributed by atoms with van der Waals surface area (Å²) in [6.45, 7) is 4.24. The monoisotopic (exact) mass is 212 g/mol. The van der Waals surface area contributed by atoms with Crippen molar-refractivity contribution < 1.29 is 14.3 Å². The van der Waals surface area contributed by atoms with Crippen LogP contribution in [0.3, 0.4) is 0 Å². The summed E-state index contributed by atoms with van der Waals surface area (Å²) in [7, 11) is 1.61. The maximum absolute atomic E-state index is 11.9. The number of nitrogens with zero attached hydrogens (tertiary/aromatic N) is 2. The molecule has 2 aliphatic heterocycles. The smallest absolute Gasteiger partial charge is 0.327 e. The molecule has 0 N–H and O–H groups in total. The molecule has 2 aliphatic rings. The third-order valence-electron chi connectivity index (χ3n) is 3.09. The number of fused-ring (bicyclic) bond motifs is 1. The first-order valence-corrected chi connectivity index (χ1v) is 5.22. The summed E-state index contributed by atoms with van der Waals surface area (Å²) in [5.41, 5.74) is 0. The summed E-state index contributed by atoms with van der Waals surface area (Å²) >= 11 is 0. The molecule has 0 aromatic heterocycles. The second-order valence-corrected chi connectivity index (χ2v) is 4.35. The van der Waals surface area contributed by atoms with Crippen molar-refractivity contribution >= 4 is 11.9 Å². The van der Waals surface area contributed by atoms with Crippen LogP contribution in [0.25, 0.3) is 0 Å². The molecule has 15 heavy (non-hydrogen) atoms.